The van der Waals surface area contributed by atoms with E-state index in [0.29, 0.717) is 19.4 Å². The lowest BCUT2D eigenvalue weighted by atomic mass is 9.94. The Morgan fingerprint density at radius 1 is 1.03 bits per heavy atom. The number of carboxylic acid groups (broad SMARTS) is 1. The number of amides is 2. The molecule has 2 aliphatic carbocycles. The quantitative estimate of drug-likeness (QED) is 0.608. The number of carbonyl (C=O) groups excluding carboxylic acids is 2. The number of ether oxygens (including phenoxy) is 1. The van der Waals surface area contributed by atoms with Gasteiger partial charge in [-0.25, -0.2) is 4.79 Å². The summed E-state index contributed by atoms with van der Waals surface area (Å²) in [5, 5.41) is 12.0. The number of alkyl carbamates (subject to hydrolysis) is 1. The van der Waals surface area contributed by atoms with Crippen LogP contribution in [0.25, 0.3) is 11.1 Å². The van der Waals surface area contributed by atoms with Gasteiger partial charge in [0.1, 0.15) is 13.2 Å². The fourth-order valence-electron chi connectivity index (χ4n) is 4.78. The maximum atomic E-state index is 13.2. The van der Waals surface area contributed by atoms with Crippen molar-refractivity contribution in [1.29, 1.82) is 0 Å². The van der Waals surface area contributed by atoms with Gasteiger partial charge in [0, 0.05) is 19.0 Å². The first-order valence-electron chi connectivity index (χ1n) is 11.7. The van der Waals surface area contributed by atoms with Crippen LogP contribution in [-0.2, 0) is 14.3 Å². The molecular weight excluding hydrogens is 432 g/mol. The van der Waals surface area contributed by atoms with Gasteiger partial charge in [0.25, 0.3) is 0 Å². The molecule has 4 rings (SSSR count). The molecule has 7 nitrogen and oxygen atoms in total. The van der Waals surface area contributed by atoms with Crippen molar-refractivity contribution >= 4 is 18.0 Å². The molecular formula is C27H32N2O5. The van der Waals surface area contributed by atoms with Crippen LogP contribution in [0.2, 0.25) is 0 Å². The van der Waals surface area contributed by atoms with Crippen LogP contribution in [0.4, 0.5) is 4.79 Å². The third-order valence-electron chi connectivity index (χ3n) is 6.50. The van der Waals surface area contributed by atoms with Gasteiger partial charge < -0.3 is 20.1 Å². The van der Waals surface area contributed by atoms with Crippen LogP contribution in [0.3, 0.4) is 0 Å². The third-order valence-corrected chi connectivity index (χ3v) is 6.50. The fourth-order valence-corrected chi connectivity index (χ4v) is 4.78. The van der Waals surface area contributed by atoms with Crippen molar-refractivity contribution in [3.63, 3.8) is 0 Å². The van der Waals surface area contributed by atoms with E-state index in [-0.39, 0.29) is 36.9 Å². The number of hydrogen-bond donors (Lipinski definition) is 2. The summed E-state index contributed by atoms with van der Waals surface area (Å²) < 4.78 is 5.58. The molecule has 0 heterocycles. The molecule has 1 fully saturated rings. The molecule has 7 heteroatoms. The van der Waals surface area contributed by atoms with E-state index >= 15 is 0 Å². The van der Waals surface area contributed by atoms with E-state index in [1.165, 1.54) is 4.90 Å². The molecule has 0 bridgehead atoms. The average molecular weight is 465 g/mol. The van der Waals surface area contributed by atoms with E-state index in [1.807, 2.05) is 45.0 Å². The van der Waals surface area contributed by atoms with Crippen LogP contribution in [0, 0.1) is 10.8 Å². The second-order valence-corrected chi connectivity index (χ2v) is 10.6. The Balaban J connectivity index is 1.36. The van der Waals surface area contributed by atoms with Gasteiger partial charge in [0.15, 0.2) is 0 Å². The summed E-state index contributed by atoms with van der Waals surface area (Å²) >= 11 is 0. The van der Waals surface area contributed by atoms with E-state index in [1.54, 1.807) is 0 Å². The topological polar surface area (TPSA) is 95.9 Å². The number of carboxylic acids is 1. The number of aliphatic carboxylic acids is 1. The SMILES string of the molecule is CC(C)(C)CN(CC(=O)O)C(=O)C1(CNC(=O)OCC2c3ccccc3-c3ccccc32)CC1. The van der Waals surface area contributed by atoms with Gasteiger partial charge in [-0.2, -0.15) is 0 Å². The number of rotatable bonds is 8. The van der Waals surface area contributed by atoms with Crippen LogP contribution in [0.15, 0.2) is 48.5 Å². The summed E-state index contributed by atoms with van der Waals surface area (Å²) in [4.78, 5) is 38.4. The zero-order valence-corrected chi connectivity index (χ0v) is 20.0. The summed E-state index contributed by atoms with van der Waals surface area (Å²) in [5.41, 5.74) is 3.61. The highest BCUT2D eigenvalue weighted by Gasteiger charge is 2.52. The van der Waals surface area contributed by atoms with E-state index in [2.05, 4.69) is 29.6 Å². The predicted octanol–water partition coefficient (Wildman–Crippen LogP) is 4.26. The Bertz CT molecular complexity index is 1050. The number of hydrogen-bond acceptors (Lipinski definition) is 4. The maximum absolute atomic E-state index is 13.2. The number of carbonyl (C=O) groups is 3. The van der Waals surface area contributed by atoms with Crippen LogP contribution < -0.4 is 5.32 Å². The summed E-state index contributed by atoms with van der Waals surface area (Å²) in [5.74, 6) is -1.30. The van der Waals surface area contributed by atoms with Crippen molar-refractivity contribution in [2.75, 3.05) is 26.2 Å². The highest BCUT2D eigenvalue weighted by atomic mass is 16.5. The predicted molar refractivity (Wildman–Crippen MR) is 128 cm³/mol. The zero-order chi connectivity index (χ0) is 24.5. The van der Waals surface area contributed by atoms with Crippen molar-refractivity contribution in [3.8, 4) is 11.1 Å². The van der Waals surface area contributed by atoms with E-state index in [0.717, 1.165) is 22.3 Å². The first-order valence-corrected chi connectivity index (χ1v) is 11.7. The highest BCUT2D eigenvalue weighted by Crippen LogP contribution is 2.47. The Hall–Kier alpha value is -3.35. The minimum absolute atomic E-state index is 0.0347. The number of nitrogens with one attached hydrogen (secondary N) is 1. The largest absolute Gasteiger partial charge is 0.480 e. The molecule has 1 saturated carbocycles. The standard InChI is InChI=1S/C27H32N2O5/c1-26(2,3)17-29(14-23(30)31)24(32)27(12-13-27)16-28-25(33)34-15-22-20-10-6-4-8-18(20)19-9-5-7-11-21(19)22/h4-11,22H,12-17H2,1-3H3,(H,28,33)(H,30,31). The third kappa shape index (κ3) is 5.08. The van der Waals surface area contributed by atoms with Crippen LogP contribution in [-0.4, -0.2) is 54.2 Å². The lowest BCUT2D eigenvalue weighted by Crippen LogP contribution is -2.47. The van der Waals surface area contributed by atoms with Crippen molar-refractivity contribution in [2.24, 2.45) is 10.8 Å². The van der Waals surface area contributed by atoms with Crippen LogP contribution in [0.5, 0.6) is 0 Å². The summed E-state index contributed by atoms with van der Waals surface area (Å²) in [6.07, 6.45) is 0.674. The molecule has 0 radical (unpaired) electrons. The van der Waals surface area contributed by atoms with Crippen molar-refractivity contribution < 1.29 is 24.2 Å². The van der Waals surface area contributed by atoms with Gasteiger partial charge in [0.2, 0.25) is 5.91 Å². The van der Waals surface area contributed by atoms with Crippen LogP contribution in [0.1, 0.15) is 50.7 Å². The van der Waals surface area contributed by atoms with Crippen molar-refractivity contribution in [3.05, 3.63) is 59.7 Å². The van der Waals surface area contributed by atoms with E-state index in [9.17, 15) is 19.5 Å². The summed E-state index contributed by atoms with van der Waals surface area (Å²) in [6.45, 7) is 6.23. The summed E-state index contributed by atoms with van der Waals surface area (Å²) in [6, 6.07) is 16.3. The van der Waals surface area contributed by atoms with Crippen LogP contribution >= 0.6 is 0 Å². The van der Waals surface area contributed by atoms with Crippen molar-refractivity contribution in [1.82, 2.24) is 10.2 Å². The van der Waals surface area contributed by atoms with Gasteiger partial charge in [0.05, 0.1) is 5.41 Å². The Morgan fingerprint density at radius 2 is 1.59 bits per heavy atom. The molecule has 0 aromatic heterocycles. The van der Waals surface area contributed by atoms with Crippen molar-refractivity contribution in [2.45, 2.75) is 39.5 Å². The molecule has 0 saturated heterocycles. The fraction of sp³-hybridized carbons (Fsp3) is 0.444. The first kappa shape index (κ1) is 23.8. The molecule has 0 unspecified atom stereocenters. The lowest BCUT2D eigenvalue weighted by Gasteiger charge is -2.31. The normalized spacial score (nSPS) is 15.7. The molecule has 2 aromatic rings. The van der Waals surface area contributed by atoms with Gasteiger partial charge in [-0.1, -0.05) is 69.3 Å². The van der Waals surface area contributed by atoms with Gasteiger partial charge >= 0.3 is 12.1 Å². The molecule has 0 atom stereocenters. The lowest BCUT2D eigenvalue weighted by molar-refractivity contribution is -0.148. The Labute approximate surface area is 200 Å². The summed E-state index contributed by atoms with van der Waals surface area (Å²) in [7, 11) is 0. The van der Waals surface area contributed by atoms with Gasteiger partial charge in [-0.15, -0.1) is 0 Å². The van der Waals surface area contributed by atoms with Gasteiger partial charge in [-0.3, -0.25) is 9.59 Å². The Morgan fingerprint density at radius 3 is 2.09 bits per heavy atom. The minimum Gasteiger partial charge on any atom is -0.480 e. The maximum Gasteiger partial charge on any atom is 0.407 e. The molecule has 34 heavy (non-hydrogen) atoms. The van der Waals surface area contributed by atoms with Gasteiger partial charge in [-0.05, 0) is 40.5 Å². The number of fused-ring (bicyclic) bond motifs is 3. The molecule has 2 N–H and O–H groups in total. The second-order valence-electron chi connectivity index (χ2n) is 10.6. The molecule has 180 valence electrons. The average Bonchev–Trinajstić information content (AvgIpc) is 3.51. The molecule has 0 aliphatic heterocycles. The smallest absolute Gasteiger partial charge is 0.407 e. The van der Waals surface area contributed by atoms with E-state index < -0.39 is 17.5 Å². The minimum atomic E-state index is -1.04. The van der Waals surface area contributed by atoms with E-state index in [4.69, 9.17) is 4.74 Å². The molecule has 2 aliphatic rings. The monoisotopic (exact) mass is 464 g/mol. The first-order chi connectivity index (χ1) is 16.1. The molecule has 2 amide bonds. The number of benzene rings is 2. The number of nitrogens with zero attached hydrogens (tertiary/aromatic N) is 1. The second kappa shape index (κ2) is 9.12. The molecule has 2 aromatic carbocycles. The zero-order valence-electron chi connectivity index (χ0n) is 20.0. The Kier molecular flexibility index (Phi) is 6.39. The highest BCUT2D eigenvalue weighted by molar-refractivity contribution is 5.89. The molecule has 0 spiro atoms.